The third-order valence-corrected chi connectivity index (χ3v) is 3.96. The van der Waals surface area contributed by atoms with E-state index in [2.05, 4.69) is 5.32 Å². The maximum Gasteiger partial charge on any atom is 0.261 e. The van der Waals surface area contributed by atoms with Crippen LogP contribution in [-0.2, 0) is 4.79 Å². The quantitative estimate of drug-likeness (QED) is 0.919. The van der Waals surface area contributed by atoms with Crippen LogP contribution in [0.5, 0.6) is 11.5 Å². The highest BCUT2D eigenvalue weighted by atomic mass is 16.5. The Balaban J connectivity index is 1.68. The van der Waals surface area contributed by atoms with E-state index < -0.39 is 6.10 Å². The first-order chi connectivity index (χ1) is 11.3. The van der Waals surface area contributed by atoms with Crippen molar-refractivity contribution in [1.29, 1.82) is 0 Å². The number of ether oxygens (including phenoxy) is 2. The van der Waals surface area contributed by atoms with E-state index in [9.17, 15) is 4.79 Å². The Morgan fingerprint density at radius 1 is 1.22 bits per heavy atom. The number of carbonyl (C=O) groups excluding carboxylic acids is 1. The van der Waals surface area contributed by atoms with E-state index in [4.69, 9.17) is 9.47 Å². The number of fused-ring (bicyclic) bond motifs is 1. The molecule has 0 saturated heterocycles. The van der Waals surface area contributed by atoms with Gasteiger partial charge in [-0.3, -0.25) is 4.79 Å². The van der Waals surface area contributed by atoms with Gasteiger partial charge in [0, 0.05) is 12.0 Å². The Bertz CT molecular complexity index is 657. The molecule has 1 N–H and O–H groups in total. The number of hydrogen-bond donors (Lipinski definition) is 1. The van der Waals surface area contributed by atoms with Gasteiger partial charge in [-0.1, -0.05) is 43.3 Å². The van der Waals surface area contributed by atoms with Gasteiger partial charge >= 0.3 is 0 Å². The molecule has 0 aliphatic carbocycles. The summed E-state index contributed by atoms with van der Waals surface area (Å²) in [4.78, 5) is 12.6. The van der Waals surface area contributed by atoms with Gasteiger partial charge in [0.25, 0.3) is 5.91 Å². The zero-order valence-electron chi connectivity index (χ0n) is 13.2. The second-order valence-corrected chi connectivity index (χ2v) is 5.56. The van der Waals surface area contributed by atoms with E-state index in [-0.39, 0.29) is 11.9 Å². The normalized spacial score (nSPS) is 17.5. The fraction of sp³-hybridized carbons (Fsp3) is 0.316. The van der Waals surface area contributed by atoms with Crippen LogP contribution >= 0.6 is 0 Å². The molecule has 2 aromatic rings. The molecule has 23 heavy (non-hydrogen) atoms. The van der Waals surface area contributed by atoms with Crippen LogP contribution in [0.25, 0.3) is 0 Å². The second kappa shape index (κ2) is 7.18. The molecular formula is C19H21NO3. The molecule has 1 aliphatic heterocycles. The van der Waals surface area contributed by atoms with Crippen molar-refractivity contribution in [2.75, 3.05) is 6.61 Å². The molecule has 3 rings (SSSR count). The lowest BCUT2D eigenvalue weighted by Crippen LogP contribution is -2.41. The highest BCUT2D eigenvalue weighted by molar-refractivity contribution is 5.81. The average Bonchev–Trinajstić information content (AvgIpc) is 2.61. The summed E-state index contributed by atoms with van der Waals surface area (Å²) in [5.74, 6) is 1.47. The molecule has 0 bridgehead atoms. The smallest absolute Gasteiger partial charge is 0.261 e. The lowest BCUT2D eigenvalue weighted by atomic mass is 10.0. The zero-order chi connectivity index (χ0) is 16.1. The summed E-state index contributed by atoms with van der Waals surface area (Å²) in [6.45, 7) is 2.56. The Morgan fingerprint density at radius 3 is 2.74 bits per heavy atom. The fourth-order valence-corrected chi connectivity index (χ4v) is 2.74. The summed E-state index contributed by atoms with van der Waals surface area (Å²) in [6.07, 6.45) is 0.892. The van der Waals surface area contributed by atoms with Gasteiger partial charge in [-0.15, -0.1) is 0 Å². The molecule has 4 nitrogen and oxygen atoms in total. The van der Waals surface area contributed by atoms with Crippen molar-refractivity contribution in [3.8, 4) is 11.5 Å². The number of rotatable bonds is 5. The molecule has 0 spiro atoms. The van der Waals surface area contributed by atoms with Gasteiger partial charge in [0.15, 0.2) is 6.10 Å². The van der Waals surface area contributed by atoms with Crippen LogP contribution < -0.4 is 14.8 Å². The Morgan fingerprint density at radius 2 is 1.96 bits per heavy atom. The van der Waals surface area contributed by atoms with Gasteiger partial charge < -0.3 is 14.8 Å². The number of amides is 1. The van der Waals surface area contributed by atoms with Gasteiger partial charge in [-0.2, -0.15) is 0 Å². The third-order valence-electron chi connectivity index (χ3n) is 3.96. The topological polar surface area (TPSA) is 47.6 Å². The molecule has 1 heterocycles. The zero-order valence-corrected chi connectivity index (χ0v) is 13.2. The molecule has 0 aromatic heterocycles. The van der Waals surface area contributed by atoms with Crippen LogP contribution in [0, 0.1) is 0 Å². The minimum Gasteiger partial charge on any atom is -0.493 e. The summed E-state index contributed by atoms with van der Waals surface area (Å²) in [6, 6.07) is 17.3. The maximum absolute atomic E-state index is 12.6. The summed E-state index contributed by atoms with van der Waals surface area (Å²) in [5, 5.41) is 3.10. The van der Waals surface area contributed by atoms with Crippen molar-refractivity contribution in [3.63, 3.8) is 0 Å². The van der Waals surface area contributed by atoms with Crippen molar-refractivity contribution in [1.82, 2.24) is 5.32 Å². The van der Waals surface area contributed by atoms with Crippen LogP contribution in [0.1, 0.15) is 31.4 Å². The number of hydrogen-bond acceptors (Lipinski definition) is 3. The fourth-order valence-electron chi connectivity index (χ4n) is 2.74. The number of benzene rings is 2. The highest BCUT2D eigenvalue weighted by Gasteiger charge is 2.26. The first kappa shape index (κ1) is 15.4. The van der Waals surface area contributed by atoms with Gasteiger partial charge in [-0.05, 0) is 24.6 Å². The number of carbonyl (C=O) groups is 1. The summed E-state index contributed by atoms with van der Waals surface area (Å²) >= 11 is 0. The third kappa shape index (κ3) is 3.65. The Labute approximate surface area is 136 Å². The van der Waals surface area contributed by atoms with E-state index in [1.54, 1.807) is 0 Å². The van der Waals surface area contributed by atoms with Crippen molar-refractivity contribution in [3.05, 3.63) is 60.2 Å². The molecule has 0 fully saturated rings. The molecule has 1 amide bonds. The molecule has 4 heteroatoms. The van der Waals surface area contributed by atoms with E-state index in [1.807, 2.05) is 61.5 Å². The predicted molar refractivity (Wildman–Crippen MR) is 88.6 cm³/mol. The summed E-state index contributed by atoms with van der Waals surface area (Å²) < 4.78 is 11.4. The monoisotopic (exact) mass is 311 g/mol. The van der Waals surface area contributed by atoms with E-state index >= 15 is 0 Å². The standard InChI is InChI=1S/C19H21NO3/c1-2-17(23-14-8-4-3-5-9-14)19(21)20-16-12-13-22-18-11-7-6-10-15(16)18/h3-11,16-17H,2,12-13H2,1H3,(H,20,21)/t16-,17-/m1/s1. The predicted octanol–water partition coefficient (Wildman–Crippen LogP) is 3.48. The van der Waals surface area contributed by atoms with Crippen molar-refractivity contribution >= 4 is 5.91 Å². The van der Waals surface area contributed by atoms with Crippen molar-refractivity contribution < 1.29 is 14.3 Å². The van der Waals surface area contributed by atoms with Crippen molar-refractivity contribution in [2.45, 2.75) is 31.9 Å². The lowest BCUT2D eigenvalue weighted by molar-refractivity contribution is -0.129. The van der Waals surface area contributed by atoms with Gasteiger partial charge in [0.1, 0.15) is 11.5 Å². The second-order valence-electron chi connectivity index (χ2n) is 5.56. The van der Waals surface area contributed by atoms with E-state index in [1.165, 1.54) is 0 Å². The molecule has 0 saturated carbocycles. The van der Waals surface area contributed by atoms with Crippen molar-refractivity contribution in [2.24, 2.45) is 0 Å². The summed E-state index contributed by atoms with van der Waals surface area (Å²) in [5.41, 5.74) is 1.03. The molecular weight excluding hydrogens is 290 g/mol. The van der Waals surface area contributed by atoms with Gasteiger partial charge in [-0.25, -0.2) is 0 Å². The van der Waals surface area contributed by atoms with Crippen LogP contribution in [0.4, 0.5) is 0 Å². The minimum atomic E-state index is -0.493. The van der Waals surface area contributed by atoms with Crippen LogP contribution in [0.3, 0.4) is 0 Å². The Hall–Kier alpha value is -2.49. The highest BCUT2D eigenvalue weighted by Crippen LogP contribution is 2.31. The molecule has 1 aliphatic rings. The number of nitrogens with one attached hydrogen (secondary N) is 1. The molecule has 0 unspecified atom stereocenters. The SMILES string of the molecule is CC[C@@H](Oc1ccccc1)C(=O)N[C@@H]1CCOc2ccccc21. The molecule has 0 radical (unpaired) electrons. The first-order valence-corrected chi connectivity index (χ1v) is 8.01. The van der Waals surface area contributed by atoms with E-state index in [0.717, 1.165) is 17.7 Å². The number of para-hydroxylation sites is 2. The lowest BCUT2D eigenvalue weighted by Gasteiger charge is -2.28. The molecule has 2 atom stereocenters. The van der Waals surface area contributed by atoms with E-state index in [0.29, 0.717) is 18.8 Å². The van der Waals surface area contributed by atoms with Gasteiger partial charge in [0.2, 0.25) is 0 Å². The Kier molecular flexibility index (Phi) is 4.81. The summed E-state index contributed by atoms with van der Waals surface area (Å²) in [7, 11) is 0. The van der Waals surface area contributed by atoms with Crippen LogP contribution in [0.2, 0.25) is 0 Å². The molecule has 120 valence electrons. The largest absolute Gasteiger partial charge is 0.493 e. The van der Waals surface area contributed by atoms with Gasteiger partial charge in [0.05, 0.1) is 12.6 Å². The minimum absolute atomic E-state index is 0.0270. The first-order valence-electron chi connectivity index (χ1n) is 8.01. The maximum atomic E-state index is 12.6. The average molecular weight is 311 g/mol. The van der Waals surface area contributed by atoms with Crippen LogP contribution in [-0.4, -0.2) is 18.6 Å². The van der Waals surface area contributed by atoms with Crippen LogP contribution in [0.15, 0.2) is 54.6 Å². The molecule has 2 aromatic carbocycles.